The third-order valence-electron chi connectivity index (χ3n) is 3.50. The Morgan fingerprint density at radius 2 is 1.92 bits per heavy atom. The maximum atomic E-state index is 12.6. The quantitative estimate of drug-likeness (QED) is 0.435. The van der Waals surface area contributed by atoms with Crippen LogP contribution in [0, 0.1) is 11.3 Å². The van der Waals surface area contributed by atoms with Crippen LogP contribution in [0.3, 0.4) is 0 Å². The number of carbonyl (C=O) groups is 1. The zero-order chi connectivity index (χ0) is 18.2. The monoisotopic (exact) mass is 337 g/mol. The van der Waals surface area contributed by atoms with Crippen LogP contribution in [0.25, 0.3) is 6.08 Å². The molecule has 0 radical (unpaired) electrons. The van der Waals surface area contributed by atoms with Crippen LogP contribution >= 0.6 is 0 Å². The van der Waals surface area contributed by atoms with Crippen molar-refractivity contribution in [3.05, 3.63) is 59.2 Å². The van der Waals surface area contributed by atoms with Crippen LogP contribution in [0.2, 0.25) is 0 Å². The van der Waals surface area contributed by atoms with E-state index in [1.54, 1.807) is 42.5 Å². The van der Waals surface area contributed by atoms with Gasteiger partial charge >= 0.3 is 0 Å². The predicted molar refractivity (Wildman–Crippen MR) is 95.1 cm³/mol. The third kappa shape index (κ3) is 4.39. The number of nitriles is 1. The zero-order valence-corrected chi connectivity index (χ0v) is 14.4. The fourth-order valence-corrected chi connectivity index (χ4v) is 2.28. The molecule has 25 heavy (non-hydrogen) atoms. The van der Waals surface area contributed by atoms with Crippen molar-refractivity contribution in [1.29, 1.82) is 5.26 Å². The highest BCUT2D eigenvalue weighted by molar-refractivity contribution is 6.14. The van der Waals surface area contributed by atoms with E-state index in [1.807, 2.05) is 13.0 Å². The summed E-state index contributed by atoms with van der Waals surface area (Å²) in [6.07, 6.45) is 1.53. The van der Waals surface area contributed by atoms with Crippen molar-refractivity contribution < 1.29 is 19.0 Å². The molecular weight excluding hydrogens is 318 g/mol. The Bertz CT molecular complexity index is 834. The van der Waals surface area contributed by atoms with Crippen molar-refractivity contribution in [2.45, 2.75) is 6.92 Å². The van der Waals surface area contributed by atoms with E-state index < -0.39 is 0 Å². The van der Waals surface area contributed by atoms with Gasteiger partial charge in [-0.05, 0) is 42.8 Å². The summed E-state index contributed by atoms with van der Waals surface area (Å²) in [5.41, 5.74) is 1.10. The highest BCUT2D eigenvalue weighted by atomic mass is 16.5. The molecule has 0 spiro atoms. The largest absolute Gasteiger partial charge is 0.497 e. The molecule has 2 rings (SSSR count). The van der Waals surface area contributed by atoms with E-state index in [4.69, 9.17) is 14.2 Å². The molecule has 0 fully saturated rings. The fourth-order valence-electron chi connectivity index (χ4n) is 2.28. The molecular formula is C20H19NO4. The minimum Gasteiger partial charge on any atom is -0.497 e. The van der Waals surface area contributed by atoms with E-state index in [9.17, 15) is 10.1 Å². The molecule has 128 valence electrons. The number of Topliss-reactive ketones (excluding diaryl/α,β-unsaturated/α-hetero) is 1. The van der Waals surface area contributed by atoms with Crippen molar-refractivity contribution in [3.63, 3.8) is 0 Å². The van der Waals surface area contributed by atoms with E-state index in [0.717, 1.165) is 0 Å². The van der Waals surface area contributed by atoms with Crippen LogP contribution in [0.5, 0.6) is 17.2 Å². The first-order valence-electron chi connectivity index (χ1n) is 7.74. The number of allylic oxidation sites excluding steroid dienone is 1. The second-order valence-electron chi connectivity index (χ2n) is 5.07. The number of nitrogens with zero attached hydrogens (tertiary/aromatic N) is 1. The highest BCUT2D eigenvalue weighted by Crippen LogP contribution is 2.29. The minimum absolute atomic E-state index is 0.0273. The SMILES string of the molecule is CCOc1ccc(/C=C(\C#N)C(=O)c2cccc(OC)c2)cc1OC. The molecule has 0 saturated carbocycles. The average Bonchev–Trinajstić information content (AvgIpc) is 2.66. The molecule has 0 atom stereocenters. The molecule has 0 N–H and O–H groups in total. The molecule has 0 aliphatic rings. The minimum atomic E-state index is -0.366. The van der Waals surface area contributed by atoms with Crippen molar-refractivity contribution in [3.8, 4) is 23.3 Å². The Morgan fingerprint density at radius 3 is 2.56 bits per heavy atom. The van der Waals surface area contributed by atoms with Crippen LogP contribution in [0.15, 0.2) is 48.0 Å². The summed E-state index contributed by atoms with van der Waals surface area (Å²) in [5.74, 6) is 1.35. The van der Waals surface area contributed by atoms with Gasteiger partial charge < -0.3 is 14.2 Å². The number of benzene rings is 2. The first-order valence-corrected chi connectivity index (χ1v) is 7.74. The first kappa shape index (κ1) is 18.1. The van der Waals surface area contributed by atoms with Gasteiger partial charge in [-0.15, -0.1) is 0 Å². The average molecular weight is 337 g/mol. The topological polar surface area (TPSA) is 68.5 Å². The molecule has 0 aromatic heterocycles. The van der Waals surface area contributed by atoms with Gasteiger partial charge in [0.2, 0.25) is 5.78 Å². The van der Waals surface area contributed by atoms with Crippen molar-refractivity contribution in [1.82, 2.24) is 0 Å². The molecule has 5 nitrogen and oxygen atoms in total. The van der Waals surface area contributed by atoms with Crippen molar-refractivity contribution in [2.75, 3.05) is 20.8 Å². The maximum absolute atomic E-state index is 12.6. The summed E-state index contributed by atoms with van der Waals surface area (Å²) in [5, 5.41) is 9.38. The summed E-state index contributed by atoms with van der Waals surface area (Å²) in [4.78, 5) is 12.6. The lowest BCUT2D eigenvalue weighted by atomic mass is 10.0. The summed E-state index contributed by atoms with van der Waals surface area (Å²) >= 11 is 0. The standard InChI is InChI=1S/C20H19NO4/c1-4-25-18-9-8-14(11-19(18)24-3)10-16(13-21)20(22)15-6-5-7-17(12-15)23-2/h5-12H,4H2,1-3H3/b16-10+. The van der Waals surface area contributed by atoms with Gasteiger partial charge in [0.15, 0.2) is 11.5 Å². The van der Waals surface area contributed by atoms with Crippen molar-refractivity contribution >= 4 is 11.9 Å². The number of ether oxygens (including phenoxy) is 3. The number of carbonyl (C=O) groups excluding carboxylic acids is 1. The zero-order valence-electron chi connectivity index (χ0n) is 14.4. The highest BCUT2D eigenvalue weighted by Gasteiger charge is 2.13. The Hall–Kier alpha value is -3.26. The van der Waals surface area contributed by atoms with E-state index in [0.29, 0.717) is 35.0 Å². The smallest absolute Gasteiger partial charge is 0.203 e. The lowest BCUT2D eigenvalue weighted by Gasteiger charge is -2.09. The molecule has 0 aliphatic carbocycles. The van der Waals surface area contributed by atoms with E-state index in [2.05, 4.69) is 0 Å². The van der Waals surface area contributed by atoms with Gasteiger partial charge in [-0.2, -0.15) is 5.26 Å². The molecule has 0 saturated heterocycles. The van der Waals surface area contributed by atoms with Gasteiger partial charge in [0.05, 0.1) is 20.8 Å². The van der Waals surface area contributed by atoms with Crippen LogP contribution in [0.4, 0.5) is 0 Å². The van der Waals surface area contributed by atoms with E-state index in [1.165, 1.54) is 20.3 Å². The molecule has 0 amide bonds. The Labute approximate surface area is 147 Å². The van der Waals surface area contributed by atoms with Gasteiger partial charge in [0, 0.05) is 5.56 Å². The van der Waals surface area contributed by atoms with Gasteiger partial charge in [-0.25, -0.2) is 0 Å². The Morgan fingerprint density at radius 1 is 1.12 bits per heavy atom. The van der Waals surface area contributed by atoms with Gasteiger partial charge in [-0.1, -0.05) is 18.2 Å². The Kier molecular flexibility index (Phi) is 6.19. The van der Waals surface area contributed by atoms with Gasteiger partial charge in [0.1, 0.15) is 17.4 Å². The number of hydrogen-bond donors (Lipinski definition) is 0. The van der Waals surface area contributed by atoms with Crippen molar-refractivity contribution in [2.24, 2.45) is 0 Å². The lowest BCUT2D eigenvalue weighted by molar-refractivity contribution is 0.103. The number of methoxy groups -OCH3 is 2. The number of rotatable bonds is 7. The summed E-state index contributed by atoms with van der Waals surface area (Å²) < 4.78 is 15.9. The number of hydrogen-bond acceptors (Lipinski definition) is 5. The second-order valence-corrected chi connectivity index (χ2v) is 5.07. The molecule has 0 heterocycles. The number of ketones is 1. The summed E-state index contributed by atoms with van der Waals surface area (Å²) in [6, 6.07) is 13.9. The van der Waals surface area contributed by atoms with Crippen LogP contribution in [-0.4, -0.2) is 26.6 Å². The van der Waals surface area contributed by atoms with Crippen LogP contribution in [0.1, 0.15) is 22.8 Å². The van der Waals surface area contributed by atoms with Gasteiger partial charge in [0.25, 0.3) is 0 Å². The van der Waals surface area contributed by atoms with E-state index >= 15 is 0 Å². The molecule has 2 aromatic rings. The lowest BCUT2D eigenvalue weighted by Crippen LogP contribution is -2.02. The molecule has 2 aromatic carbocycles. The second kappa shape index (κ2) is 8.55. The van der Waals surface area contributed by atoms with Gasteiger partial charge in [-0.3, -0.25) is 4.79 Å². The maximum Gasteiger partial charge on any atom is 0.203 e. The van der Waals surface area contributed by atoms with Crippen LogP contribution in [-0.2, 0) is 0 Å². The fraction of sp³-hybridized carbons (Fsp3) is 0.200. The summed E-state index contributed by atoms with van der Waals surface area (Å²) in [7, 11) is 3.06. The Balaban J connectivity index is 2.36. The molecule has 0 bridgehead atoms. The normalized spacial score (nSPS) is 10.7. The predicted octanol–water partition coefficient (Wildman–Crippen LogP) is 3.89. The van der Waals surface area contributed by atoms with Crippen LogP contribution < -0.4 is 14.2 Å². The molecule has 0 unspecified atom stereocenters. The van der Waals surface area contributed by atoms with E-state index in [-0.39, 0.29) is 11.4 Å². The summed E-state index contributed by atoms with van der Waals surface area (Å²) in [6.45, 7) is 2.40. The molecule has 5 heteroatoms. The third-order valence-corrected chi connectivity index (χ3v) is 3.50. The first-order chi connectivity index (χ1) is 12.1. The molecule has 0 aliphatic heterocycles.